The maximum atomic E-state index is 10.9. The van der Waals surface area contributed by atoms with Gasteiger partial charge in [-0.1, -0.05) is 0 Å². The molecular weight excluding hydrogens is 190 g/mol. The minimum atomic E-state index is 0.0879. The lowest BCUT2D eigenvalue weighted by molar-refractivity contribution is -0.119. The van der Waals surface area contributed by atoms with Gasteiger partial charge in [0, 0.05) is 38.1 Å². The largest absolute Gasteiger partial charge is 0.352 e. The van der Waals surface area contributed by atoms with Gasteiger partial charge in [0.1, 0.15) is 0 Å². The number of nitrogens with two attached hydrogens (primary N) is 1. The van der Waals surface area contributed by atoms with Crippen LogP contribution >= 0.6 is 0 Å². The first-order chi connectivity index (χ1) is 7.15. The van der Waals surface area contributed by atoms with Crippen molar-refractivity contribution in [2.45, 2.75) is 50.7 Å². The number of hydrogen-bond donors (Lipinski definition) is 2. The van der Waals surface area contributed by atoms with Crippen molar-refractivity contribution in [1.29, 1.82) is 0 Å². The Kier molecular flexibility index (Phi) is 3.26. The van der Waals surface area contributed by atoms with Crippen molar-refractivity contribution in [1.82, 2.24) is 10.2 Å². The highest BCUT2D eigenvalue weighted by Crippen LogP contribution is 2.25. The summed E-state index contributed by atoms with van der Waals surface area (Å²) in [5, 5.41) is 2.99. The maximum Gasteiger partial charge on any atom is 0.217 e. The maximum absolute atomic E-state index is 10.9. The van der Waals surface area contributed by atoms with Gasteiger partial charge in [-0.2, -0.15) is 0 Å². The lowest BCUT2D eigenvalue weighted by atomic mass is 10.2. The molecule has 1 aliphatic carbocycles. The summed E-state index contributed by atoms with van der Waals surface area (Å²) in [5.41, 5.74) is 5.91. The number of carbonyl (C=O) groups excluding carboxylic acids is 1. The Balaban J connectivity index is 1.79. The van der Waals surface area contributed by atoms with Crippen molar-refractivity contribution in [2.24, 2.45) is 5.73 Å². The van der Waals surface area contributed by atoms with Gasteiger partial charge in [0.05, 0.1) is 0 Å². The molecule has 15 heavy (non-hydrogen) atoms. The molecule has 0 spiro atoms. The molecule has 2 aliphatic rings. The van der Waals surface area contributed by atoms with Gasteiger partial charge in [-0.05, 0) is 25.7 Å². The van der Waals surface area contributed by atoms with Crippen LogP contribution in [0.2, 0.25) is 0 Å². The van der Waals surface area contributed by atoms with Crippen molar-refractivity contribution in [2.75, 3.05) is 13.1 Å². The van der Waals surface area contributed by atoms with Gasteiger partial charge in [-0.3, -0.25) is 9.69 Å². The SMILES string of the molecule is CC(=O)NC1CCN(C2CCC(N)C2)C1. The van der Waals surface area contributed by atoms with E-state index in [2.05, 4.69) is 10.2 Å². The Labute approximate surface area is 91.2 Å². The second-order valence-electron chi connectivity index (χ2n) is 4.91. The van der Waals surface area contributed by atoms with E-state index in [0.29, 0.717) is 18.1 Å². The third-order valence-corrected chi connectivity index (χ3v) is 3.59. The second kappa shape index (κ2) is 4.49. The van der Waals surface area contributed by atoms with Gasteiger partial charge in [-0.25, -0.2) is 0 Å². The lowest BCUT2D eigenvalue weighted by Gasteiger charge is -2.23. The minimum absolute atomic E-state index is 0.0879. The van der Waals surface area contributed by atoms with E-state index in [1.807, 2.05) is 0 Å². The Morgan fingerprint density at radius 3 is 2.80 bits per heavy atom. The predicted molar refractivity (Wildman–Crippen MR) is 59.4 cm³/mol. The van der Waals surface area contributed by atoms with Gasteiger partial charge in [0.15, 0.2) is 0 Å². The summed E-state index contributed by atoms with van der Waals surface area (Å²) in [5.74, 6) is 0.0879. The summed E-state index contributed by atoms with van der Waals surface area (Å²) in [6.07, 6.45) is 4.61. The molecular formula is C11H21N3O. The van der Waals surface area contributed by atoms with E-state index >= 15 is 0 Å². The zero-order chi connectivity index (χ0) is 10.8. The van der Waals surface area contributed by atoms with E-state index in [4.69, 9.17) is 5.73 Å². The Bertz CT molecular complexity index is 244. The van der Waals surface area contributed by atoms with Crippen LogP contribution in [0.15, 0.2) is 0 Å². The summed E-state index contributed by atoms with van der Waals surface area (Å²) in [4.78, 5) is 13.4. The molecule has 2 fully saturated rings. The summed E-state index contributed by atoms with van der Waals surface area (Å²) in [6.45, 7) is 3.72. The molecule has 3 N–H and O–H groups in total. The van der Waals surface area contributed by atoms with Crippen LogP contribution in [0.25, 0.3) is 0 Å². The lowest BCUT2D eigenvalue weighted by Crippen LogP contribution is -2.38. The summed E-state index contributed by atoms with van der Waals surface area (Å²) >= 11 is 0. The van der Waals surface area contributed by atoms with Crippen LogP contribution in [0.1, 0.15) is 32.6 Å². The van der Waals surface area contributed by atoms with E-state index in [-0.39, 0.29) is 5.91 Å². The fraction of sp³-hybridized carbons (Fsp3) is 0.909. The van der Waals surface area contributed by atoms with Crippen LogP contribution < -0.4 is 11.1 Å². The highest BCUT2D eigenvalue weighted by atomic mass is 16.1. The van der Waals surface area contributed by atoms with Crippen molar-refractivity contribution in [3.63, 3.8) is 0 Å². The van der Waals surface area contributed by atoms with E-state index in [9.17, 15) is 4.79 Å². The second-order valence-corrected chi connectivity index (χ2v) is 4.91. The molecule has 1 saturated heterocycles. The van der Waals surface area contributed by atoms with Crippen molar-refractivity contribution >= 4 is 5.91 Å². The zero-order valence-electron chi connectivity index (χ0n) is 9.41. The number of nitrogens with zero attached hydrogens (tertiary/aromatic N) is 1. The molecule has 3 atom stereocenters. The number of hydrogen-bond acceptors (Lipinski definition) is 3. The molecule has 86 valence electrons. The molecule has 1 heterocycles. The number of likely N-dealkylation sites (tertiary alicyclic amines) is 1. The summed E-state index contributed by atoms with van der Waals surface area (Å²) in [6, 6.07) is 1.42. The molecule has 1 saturated carbocycles. The van der Waals surface area contributed by atoms with Gasteiger partial charge in [0.25, 0.3) is 0 Å². The Morgan fingerprint density at radius 1 is 1.40 bits per heavy atom. The molecule has 0 aromatic rings. The van der Waals surface area contributed by atoms with Crippen LogP contribution in [0, 0.1) is 0 Å². The minimum Gasteiger partial charge on any atom is -0.352 e. The monoisotopic (exact) mass is 211 g/mol. The van der Waals surface area contributed by atoms with Crippen LogP contribution in [-0.4, -0.2) is 42.0 Å². The highest BCUT2D eigenvalue weighted by molar-refractivity contribution is 5.73. The number of rotatable bonds is 2. The van der Waals surface area contributed by atoms with Crippen molar-refractivity contribution in [3.05, 3.63) is 0 Å². The normalized spacial score (nSPS) is 37.1. The van der Waals surface area contributed by atoms with Gasteiger partial charge < -0.3 is 11.1 Å². The molecule has 1 amide bonds. The first-order valence-electron chi connectivity index (χ1n) is 5.92. The van der Waals surface area contributed by atoms with E-state index in [1.54, 1.807) is 6.92 Å². The highest BCUT2D eigenvalue weighted by Gasteiger charge is 2.32. The fourth-order valence-corrected chi connectivity index (χ4v) is 2.85. The number of nitrogens with one attached hydrogen (secondary N) is 1. The first-order valence-corrected chi connectivity index (χ1v) is 5.92. The topological polar surface area (TPSA) is 58.4 Å². The quantitative estimate of drug-likeness (QED) is 0.680. The van der Waals surface area contributed by atoms with Crippen LogP contribution in [0.3, 0.4) is 0 Å². The molecule has 0 aromatic heterocycles. The van der Waals surface area contributed by atoms with Gasteiger partial charge in [-0.15, -0.1) is 0 Å². The molecule has 1 aliphatic heterocycles. The van der Waals surface area contributed by atoms with Crippen molar-refractivity contribution < 1.29 is 4.79 Å². The summed E-state index contributed by atoms with van der Waals surface area (Å²) < 4.78 is 0. The average Bonchev–Trinajstić information content (AvgIpc) is 2.72. The van der Waals surface area contributed by atoms with Crippen LogP contribution in [-0.2, 0) is 4.79 Å². The van der Waals surface area contributed by atoms with E-state index in [0.717, 1.165) is 32.4 Å². The standard InChI is InChI=1S/C11H21N3O/c1-8(15)13-10-4-5-14(7-10)11-3-2-9(12)6-11/h9-11H,2-7,12H2,1H3,(H,13,15). The third-order valence-electron chi connectivity index (χ3n) is 3.59. The molecule has 0 bridgehead atoms. The number of amides is 1. The third kappa shape index (κ3) is 2.69. The van der Waals surface area contributed by atoms with E-state index in [1.165, 1.54) is 6.42 Å². The molecule has 0 aromatic carbocycles. The molecule has 3 unspecified atom stereocenters. The van der Waals surface area contributed by atoms with Crippen LogP contribution in [0.5, 0.6) is 0 Å². The summed E-state index contributed by atoms with van der Waals surface area (Å²) in [7, 11) is 0. The Morgan fingerprint density at radius 2 is 2.20 bits per heavy atom. The van der Waals surface area contributed by atoms with Crippen LogP contribution in [0.4, 0.5) is 0 Å². The smallest absolute Gasteiger partial charge is 0.217 e. The van der Waals surface area contributed by atoms with E-state index < -0.39 is 0 Å². The molecule has 4 nitrogen and oxygen atoms in total. The zero-order valence-corrected chi connectivity index (χ0v) is 9.41. The first kappa shape index (κ1) is 10.9. The fourth-order valence-electron chi connectivity index (χ4n) is 2.85. The van der Waals surface area contributed by atoms with Gasteiger partial charge in [0.2, 0.25) is 5.91 Å². The van der Waals surface area contributed by atoms with Gasteiger partial charge >= 0.3 is 0 Å². The Hall–Kier alpha value is -0.610. The molecule has 4 heteroatoms. The predicted octanol–water partition coefficient (Wildman–Crippen LogP) is 0.0766. The van der Waals surface area contributed by atoms with Crippen molar-refractivity contribution in [3.8, 4) is 0 Å². The molecule has 0 radical (unpaired) electrons. The number of carbonyl (C=O) groups is 1. The average molecular weight is 211 g/mol. The molecule has 2 rings (SSSR count).